The topological polar surface area (TPSA) is 101 Å². The van der Waals surface area contributed by atoms with Gasteiger partial charge in [-0.2, -0.15) is 0 Å². The first-order chi connectivity index (χ1) is 9.76. The van der Waals surface area contributed by atoms with Crippen LogP contribution in [0.2, 0.25) is 0 Å². The maximum atomic E-state index is 12.0. The lowest BCUT2D eigenvalue weighted by atomic mass is 10.2. The number of anilines is 2. The van der Waals surface area contributed by atoms with Crippen LogP contribution in [0.15, 0.2) is 23.1 Å². The van der Waals surface area contributed by atoms with E-state index in [9.17, 15) is 12.6 Å². The number of nitrogen functional groups attached to an aromatic ring is 1. The van der Waals surface area contributed by atoms with E-state index in [4.69, 9.17) is 5.73 Å². The molecule has 8 heteroatoms. The molecule has 0 bridgehead atoms. The van der Waals surface area contributed by atoms with E-state index in [2.05, 4.69) is 10.0 Å². The summed E-state index contributed by atoms with van der Waals surface area (Å²) in [6.07, 6.45) is 2.37. The molecule has 0 radical (unpaired) electrons. The molecule has 2 unspecified atom stereocenters. The third kappa shape index (κ3) is 5.64. The predicted octanol–water partition coefficient (Wildman–Crippen LogP) is 1.14. The van der Waals surface area contributed by atoms with Crippen molar-refractivity contribution < 1.29 is 12.6 Å². The van der Waals surface area contributed by atoms with Crippen molar-refractivity contribution in [2.45, 2.75) is 31.2 Å². The van der Waals surface area contributed by atoms with Crippen molar-refractivity contribution in [3.8, 4) is 0 Å². The number of nitrogens with two attached hydrogens (primary N) is 1. The van der Waals surface area contributed by atoms with Crippen molar-refractivity contribution >= 4 is 32.2 Å². The Hall–Kier alpha value is -1.12. The van der Waals surface area contributed by atoms with Crippen LogP contribution in [-0.4, -0.2) is 37.2 Å². The summed E-state index contributed by atoms with van der Waals surface area (Å²) in [5.74, 6) is 0.587. The quantitative estimate of drug-likeness (QED) is 0.619. The van der Waals surface area contributed by atoms with E-state index in [0.29, 0.717) is 30.1 Å². The minimum atomic E-state index is -3.51. The van der Waals surface area contributed by atoms with Gasteiger partial charge in [0.25, 0.3) is 0 Å². The number of nitrogens with one attached hydrogen (secondary N) is 2. The molecule has 0 aliphatic carbocycles. The Morgan fingerprint density at radius 2 is 2.05 bits per heavy atom. The molecular formula is C13H23N3O3S2. The minimum absolute atomic E-state index is 0.0493. The molecule has 0 fully saturated rings. The first-order valence-electron chi connectivity index (χ1n) is 6.72. The summed E-state index contributed by atoms with van der Waals surface area (Å²) >= 11 is 0. The summed E-state index contributed by atoms with van der Waals surface area (Å²) in [5.41, 5.74) is 6.93. The monoisotopic (exact) mass is 333 g/mol. The lowest BCUT2D eigenvalue weighted by molar-refractivity contribution is 0.584. The smallest absolute Gasteiger partial charge is 0.240 e. The van der Waals surface area contributed by atoms with Gasteiger partial charge in [0, 0.05) is 35.4 Å². The van der Waals surface area contributed by atoms with E-state index in [0.717, 1.165) is 0 Å². The third-order valence-electron chi connectivity index (χ3n) is 2.91. The molecule has 2 atom stereocenters. The highest BCUT2D eigenvalue weighted by atomic mass is 32.2. The number of sulfonamides is 1. The SMILES string of the molecule is CCNS(=O)(=O)c1ccc(N)c(NC(C)CCS(C)=O)c1. The zero-order valence-electron chi connectivity index (χ0n) is 12.5. The lowest BCUT2D eigenvalue weighted by Crippen LogP contribution is -2.24. The van der Waals surface area contributed by atoms with Crippen LogP contribution in [0, 0.1) is 0 Å². The van der Waals surface area contributed by atoms with E-state index in [1.54, 1.807) is 19.2 Å². The van der Waals surface area contributed by atoms with Crippen LogP contribution >= 0.6 is 0 Å². The van der Waals surface area contributed by atoms with Gasteiger partial charge in [0.1, 0.15) is 0 Å². The van der Waals surface area contributed by atoms with Gasteiger partial charge in [-0.25, -0.2) is 13.1 Å². The molecule has 1 rings (SSSR count). The summed E-state index contributed by atoms with van der Waals surface area (Å²) in [6, 6.07) is 4.61. The molecule has 4 N–H and O–H groups in total. The fraction of sp³-hybridized carbons (Fsp3) is 0.538. The molecule has 0 saturated carbocycles. The van der Waals surface area contributed by atoms with Crippen molar-refractivity contribution in [1.82, 2.24) is 4.72 Å². The second kappa shape index (κ2) is 7.77. The van der Waals surface area contributed by atoms with E-state index in [-0.39, 0.29) is 10.9 Å². The molecule has 6 nitrogen and oxygen atoms in total. The maximum Gasteiger partial charge on any atom is 0.240 e. The molecule has 0 saturated heterocycles. The molecule has 1 aromatic carbocycles. The highest BCUT2D eigenvalue weighted by Crippen LogP contribution is 2.24. The van der Waals surface area contributed by atoms with Gasteiger partial charge < -0.3 is 11.1 Å². The Balaban J connectivity index is 2.90. The standard InChI is InChI=1S/C13H23N3O3S2/c1-4-15-21(18,19)11-5-6-12(14)13(9-11)16-10(2)7-8-20(3)17/h5-6,9-10,15-16H,4,7-8,14H2,1-3H3. The third-order valence-corrected chi connectivity index (χ3v) is 5.26. The zero-order chi connectivity index (χ0) is 16.0. The van der Waals surface area contributed by atoms with Gasteiger partial charge in [-0.1, -0.05) is 6.92 Å². The van der Waals surface area contributed by atoms with Gasteiger partial charge in [0.05, 0.1) is 16.3 Å². The van der Waals surface area contributed by atoms with Crippen molar-refractivity contribution in [2.24, 2.45) is 0 Å². The molecule has 120 valence electrons. The van der Waals surface area contributed by atoms with Crippen LogP contribution in [-0.2, 0) is 20.8 Å². The second-order valence-electron chi connectivity index (χ2n) is 4.86. The van der Waals surface area contributed by atoms with Crippen LogP contribution in [0.1, 0.15) is 20.3 Å². The molecule has 0 aliphatic rings. The molecule has 0 aliphatic heterocycles. The normalized spacial score (nSPS) is 14.6. The van der Waals surface area contributed by atoms with Crippen LogP contribution in [0.25, 0.3) is 0 Å². The number of benzene rings is 1. The summed E-state index contributed by atoms with van der Waals surface area (Å²) in [6.45, 7) is 3.99. The van der Waals surface area contributed by atoms with E-state index in [1.165, 1.54) is 12.1 Å². The molecular weight excluding hydrogens is 310 g/mol. The fourth-order valence-electron chi connectivity index (χ4n) is 1.78. The van der Waals surface area contributed by atoms with Crippen LogP contribution in [0.5, 0.6) is 0 Å². The van der Waals surface area contributed by atoms with Crippen molar-refractivity contribution in [3.05, 3.63) is 18.2 Å². The predicted molar refractivity (Wildman–Crippen MR) is 88.4 cm³/mol. The summed E-state index contributed by atoms with van der Waals surface area (Å²) in [5, 5.41) is 3.17. The van der Waals surface area contributed by atoms with E-state index >= 15 is 0 Å². The van der Waals surface area contributed by atoms with Crippen molar-refractivity contribution in [3.63, 3.8) is 0 Å². The molecule has 1 aromatic rings. The number of rotatable bonds is 8. The van der Waals surface area contributed by atoms with Crippen LogP contribution in [0.3, 0.4) is 0 Å². The van der Waals surface area contributed by atoms with Crippen LogP contribution < -0.4 is 15.8 Å². The van der Waals surface area contributed by atoms with Crippen LogP contribution in [0.4, 0.5) is 11.4 Å². The Bertz CT molecular complexity index is 603. The maximum absolute atomic E-state index is 12.0. The number of hydrogen-bond donors (Lipinski definition) is 3. The van der Waals surface area contributed by atoms with Crippen molar-refractivity contribution in [1.29, 1.82) is 0 Å². The van der Waals surface area contributed by atoms with Crippen molar-refractivity contribution in [2.75, 3.05) is 29.6 Å². The van der Waals surface area contributed by atoms with Gasteiger partial charge in [-0.05, 0) is 31.5 Å². The number of hydrogen-bond acceptors (Lipinski definition) is 5. The average Bonchev–Trinajstić information content (AvgIpc) is 2.38. The summed E-state index contributed by atoms with van der Waals surface area (Å²) < 4.78 is 37.5. The fourth-order valence-corrected chi connectivity index (χ4v) is 3.53. The molecule has 0 aromatic heterocycles. The highest BCUT2D eigenvalue weighted by Gasteiger charge is 2.15. The Kier molecular flexibility index (Phi) is 6.63. The second-order valence-corrected chi connectivity index (χ2v) is 8.18. The Morgan fingerprint density at radius 1 is 1.38 bits per heavy atom. The van der Waals surface area contributed by atoms with E-state index < -0.39 is 20.8 Å². The Morgan fingerprint density at radius 3 is 2.62 bits per heavy atom. The lowest BCUT2D eigenvalue weighted by Gasteiger charge is -2.17. The average molecular weight is 333 g/mol. The molecule has 0 amide bonds. The Labute approximate surface area is 129 Å². The summed E-state index contributed by atoms with van der Waals surface area (Å²) in [4.78, 5) is 0.173. The first kappa shape index (κ1) is 17.9. The van der Waals surface area contributed by atoms with Gasteiger partial charge in [0.15, 0.2) is 0 Å². The van der Waals surface area contributed by atoms with Gasteiger partial charge >= 0.3 is 0 Å². The van der Waals surface area contributed by atoms with Gasteiger partial charge in [-0.3, -0.25) is 4.21 Å². The first-order valence-corrected chi connectivity index (χ1v) is 9.93. The molecule has 0 spiro atoms. The summed E-state index contributed by atoms with van der Waals surface area (Å²) in [7, 11) is -4.35. The minimum Gasteiger partial charge on any atom is -0.397 e. The molecule has 21 heavy (non-hydrogen) atoms. The van der Waals surface area contributed by atoms with Gasteiger partial charge in [-0.15, -0.1) is 0 Å². The van der Waals surface area contributed by atoms with Gasteiger partial charge in [0.2, 0.25) is 10.0 Å². The largest absolute Gasteiger partial charge is 0.397 e. The highest BCUT2D eigenvalue weighted by molar-refractivity contribution is 7.89. The molecule has 0 heterocycles. The van der Waals surface area contributed by atoms with E-state index in [1.807, 2.05) is 6.92 Å². The zero-order valence-corrected chi connectivity index (χ0v) is 14.2.